The van der Waals surface area contributed by atoms with E-state index in [-0.39, 0.29) is 24.3 Å². The number of carbonyl (C=O) groups excluding carboxylic acids is 8. The Balaban J connectivity index is 1.07. The van der Waals surface area contributed by atoms with Crippen LogP contribution in [-0.4, -0.2) is 123 Å². The molecule has 4 fully saturated rings. The van der Waals surface area contributed by atoms with Gasteiger partial charge in [0.05, 0.1) is 13.5 Å². The first-order valence-corrected chi connectivity index (χ1v) is 20.4. The van der Waals surface area contributed by atoms with Crippen LogP contribution in [0.15, 0.2) is 54.6 Å². The average Bonchev–Trinajstić information content (AvgIpc) is 3.52. The smallest absolute Gasteiger partial charge is 0.408 e. The zero-order valence-corrected chi connectivity index (χ0v) is 33.8. The summed E-state index contributed by atoms with van der Waals surface area (Å²) in [5, 5.41) is 12.9. The van der Waals surface area contributed by atoms with Crippen molar-refractivity contribution in [1.29, 1.82) is 0 Å². The summed E-state index contributed by atoms with van der Waals surface area (Å²) in [5.41, 5.74) is 0.947. The molecule has 0 spiro atoms. The number of nitrogens with one attached hydrogen (secondary N) is 2. The molecule has 0 bridgehead atoms. The molecule has 2 unspecified atom stereocenters. The summed E-state index contributed by atoms with van der Waals surface area (Å²) < 4.78 is 38.1. The first kappa shape index (κ1) is 42.7. The molecule has 2 aromatic rings. The highest BCUT2D eigenvalue weighted by Gasteiger charge is 2.69. The molecule has 4 amide bonds. The van der Waals surface area contributed by atoms with E-state index in [9.17, 15) is 51.9 Å². The van der Waals surface area contributed by atoms with Gasteiger partial charge in [-0.05, 0) is 51.0 Å². The third-order valence-corrected chi connectivity index (χ3v) is 14.9. The number of rotatable bonds is 12. The SMILES string of the molecule is COC(=O)C(COC(=O)[C@@H]1N2C(=O)[C@@H](NC(=O)C(NC(=O)OCc3ccccc3)c3ccc(O)cc3)[C@H]2SC1(C)C)C(=O)OOC(=O)[C@@H]1N2C(=O)C[C@H]2S(=O)(=O)C1(C)C. The van der Waals surface area contributed by atoms with Gasteiger partial charge in [-0.3, -0.25) is 19.2 Å². The Hall–Kier alpha value is -5.90. The van der Waals surface area contributed by atoms with Crippen LogP contribution in [0.1, 0.15) is 51.3 Å². The summed E-state index contributed by atoms with van der Waals surface area (Å²) in [6.45, 7) is 4.58. The van der Waals surface area contributed by atoms with Crippen molar-refractivity contribution in [3.05, 3.63) is 65.7 Å². The number of ether oxygens (including phenoxy) is 3. The van der Waals surface area contributed by atoms with Crippen LogP contribution in [0.4, 0.5) is 4.79 Å². The number of nitrogens with zero attached hydrogens (tertiary/aromatic N) is 2. The molecule has 0 aromatic heterocycles. The molecule has 6 rings (SSSR count). The van der Waals surface area contributed by atoms with Gasteiger partial charge < -0.3 is 39.8 Å². The highest BCUT2D eigenvalue weighted by molar-refractivity contribution is 8.01. The second kappa shape index (κ2) is 16.0. The number of amides is 4. The molecule has 4 heterocycles. The van der Waals surface area contributed by atoms with Crippen LogP contribution in [0.2, 0.25) is 0 Å². The van der Waals surface area contributed by atoms with E-state index >= 15 is 0 Å². The average molecular weight is 861 g/mol. The Kier molecular flexibility index (Phi) is 11.6. The Morgan fingerprint density at radius 2 is 1.54 bits per heavy atom. The molecule has 4 aliphatic heterocycles. The lowest BCUT2D eigenvalue weighted by Crippen LogP contribution is -2.71. The van der Waals surface area contributed by atoms with Crippen LogP contribution < -0.4 is 10.6 Å². The van der Waals surface area contributed by atoms with E-state index < -0.39 is 114 Å². The van der Waals surface area contributed by atoms with E-state index in [1.807, 2.05) is 0 Å². The number of alkyl carbamates (subject to hydrolysis) is 1. The Morgan fingerprint density at radius 3 is 2.17 bits per heavy atom. The van der Waals surface area contributed by atoms with Crippen LogP contribution in [0, 0.1) is 5.92 Å². The Bertz CT molecular complexity index is 2180. The van der Waals surface area contributed by atoms with Gasteiger partial charge in [-0.1, -0.05) is 42.5 Å². The van der Waals surface area contributed by atoms with Crippen LogP contribution in [0.5, 0.6) is 5.75 Å². The molecule has 4 saturated heterocycles. The topological polar surface area (TPSA) is 268 Å². The van der Waals surface area contributed by atoms with Crippen molar-refractivity contribution in [2.24, 2.45) is 5.92 Å². The van der Waals surface area contributed by atoms with Gasteiger partial charge in [-0.2, -0.15) is 0 Å². The van der Waals surface area contributed by atoms with Gasteiger partial charge in [0, 0.05) is 4.75 Å². The highest BCUT2D eigenvalue weighted by atomic mass is 32.2. The van der Waals surface area contributed by atoms with Crippen LogP contribution >= 0.6 is 11.8 Å². The molecule has 0 aliphatic carbocycles. The fourth-order valence-corrected chi connectivity index (χ4v) is 11.0. The minimum absolute atomic E-state index is 0.0947. The molecule has 316 valence electrons. The lowest BCUT2D eigenvalue weighted by atomic mass is 9.95. The predicted molar refractivity (Wildman–Crippen MR) is 199 cm³/mol. The number of hydrogen-bond acceptors (Lipinski definition) is 17. The largest absolute Gasteiger partial charge is 0.508 e. The van der Waals surface area contributed by atoms with Gasteiger partial charge in [0.1, 0.15) is 52.6 Å². The number of carbonyl (C=O) groups is 8. The van der Waals surface area contributed by atoms with Crippen molar-refractivity contribution in [3.63, 3.8) is 0 Å². The van der Waals surface area contributed by atoms with Crippen molar-refractivity contribution < 1.29 is 75.9 Å². The Labute approximate surface area is 341 Å². The quantitative estimate of drug-likeness (QED) is 0.0650. The molecule has 7 atom stereocenters. The lowest BCUT2D eigenvalue weighted by Gasteiger charge is -2.44. The first-order valence-electron chi connectivity index (χ1n) is 18.0. The maximum Gasteiger partial charge on any atom is 0.408 e. The maximum atomic E-state index is 13.7. The Morgan fingerprint density at radius 1 is 0.881 bits per heavy atom. The van der Waals surface area contributed by atoms with Crippen LogP contribution in [-0.2, 0) is 74.0 Å². The number of hydrogen-bond donors (Lipinski definition) is 3. The molecule has 3 N–H and O–H groups in total. The van der Waals surface area contributed by atoms with E-state index in [4.69, 9.17) is 9.47 Å². The van der Waals surface area contributed by atoms with Gasteiger partial charge >= 0.3 is 30.0 Å². The number of esters is 2. The fraction of sp³-hybridized carbons (Fsp3) is 0.459. The number of benzene rings is 2. The minimum atomic E-state index is -4.00. The number of thioether (sulfide) groups is 1. The van der Waals surface area contributed by atoms with Gasteiger partial charge in [0.2, 0.25) is 17.7 Å². The predicted octanol–water partition coefficient (Wildman–Crippen LogP) is 0.375. The molecular formula is C37H40N4O16S2. The van der Waals surface area contributed by atoms with E-state index in [0.29, 0.717) is 5.56 Å². The van der Waals surface area contributed by atoms with E-state index in [2.05, 4.69) is 25.1 Å². The van der Waals surface area contributed by atoms with Crippen molar-refractivity contribution in [2.45, 2.75) is 85.1 Å². The number of fused-ring (bicyclic) bond motifs is 2. The third-order valence-electron chi connectivity index (χ3n) is 10.5. The number of phenols is 1. The molecule has 0 radical (unpaired) electrons. The monoisotopic (exact) mass is 860 g/mol. The molecule has 2 aromatic carbocycles. The van der Waals surface area contributed by atoms with Crippen molar-refractivity contribution in [1.82, 2.24) is 20.4 Å². The van der Waals surface area contributed by atoms with Crippen molar-refractivity contribution >= 4 is 69.3 Å². The summed E-state index contributed by atoms with van der Waals surface area (Å²) in [6.07, 6.45) is -1.27. The summed E-state index contributed by atoms with van der Waals surface area (Å²) in [6, 6.07) is 8.72. The minimum Gasteiger partial charge on any atom is -0.508 e. The van der Waals surface area contributed by atoms with E-state index in [1.54, 1.807) is 44.2 Å². The summed E-state index contributed by atoms with van der Waals surface area (Å²) in [4.78, 5) is 115. The van der Waals surface area contributed by atoms with Gasteiger partial charge in [0.25, 0.3) is 0 Å². The molecule has 20 nitrogen and oxygen atoms in total. The first-order chi connectivity index (χ1) is 27.7. The van der Waals surface area contributed by atoms with Crippen molar-refractivity contribution in [2.75, 3.05) is 13.7 Å². The summed E-state index contributed by atoms with van der Waals surface area (Å²) in [7, 11) is -3.08. The molecule has 22 heteroatoms. The van der Waals surface area contributed by atoms with Crippen LogP contribution in [0.3, 0.4) is 0 Å². The number of phenolic OH excluding ortho intramolecular Hbond substituents is 1. The second-order valence-corrected chi connectivity index (χ2v) is 19.5. The number of aromatic hydroxyl groups is 1. The molecule has 4 aliphatic rings. The van der Waals surface area contributed by atoms with E-state index in [0.717, 1.165) is 23.8 Å². The normalized spacial score (nSPS) is 25.1. The fourth-order valence-electron chi connectivity index (χ4n) is 7.23. The van der Waals surface area contributed by atoms with Gasteiger partial charge in [0.15, 0.2) is 21.8 Å². The molecule has 59 heavy (non-hydrogen) atoms. The van der Waals surface area contributed by atoms with Crippen molar-refractivity contribution in [3.8, 4) is 5.75 Å². The third kappa shape index (κ3) is 7.85. The number of methoxy groups -OCH3 is 1. The van der Waals surface area contributed by atoms with E-state index in [1.165, 1.54) is 43.0 Å². The van der Waals surface area contributed by atoms with Gasteiger partial charge in [-0.15, -0.1) is 11.8 Å². The number of β-lactam (4-membered cyclic amide) rings is 2. The van der Waals surface area contributed by atoms with Crippen LogP contribution in [0.25, 0.3) is 0 Å². The van der Waals surface area contributed by atoms with Gasteiger partial charge in [-0.25, -0.2) is 37.4 Å². The zero-order chi connectivity index (χ0) is 43.2. The zero-order valence-electron chi connectivity index (χ0n) is 32.1. The maximum absolute atomic E-state index is 13.7. The highest BCUT2D eigenvalue weighted by Crippen LogP contribution is 2.51. The summed E-state index contributed by atoms with van der Waals surface area (Å²) in [5.74, 6) is -9.49. The second-order valence-electron chi connectivity index (χ2n) is 15.0. The molecular weight excluding hydrogens is 821 g/mol. The standard InChI is InChI=1S/C37H40N4O16S2/c1-36(2)26(33(48)54-17-21(31(46)53-5)32(47)56-57-34(49)27-37(3,4)59(51,52)23-15-22(43)40(23)27)41-29(45)25(30(41)58-36)38-28(44)24(19-11-13-20(42)14-12-19)39-35(50)55-16-18-9-7-6-8-10-18/h6-14,21,23-27,30,42H,15-17H2,1-5H3,(H,38,44)(H,39,50)/t21?,23-,24?,25-,26+,27+,30-/m1/s1. The summed E-state index contributed by atoms with van der Waals surface area (Å²) >= 11 is 1.15. The number of sulfone groups is 1. The molecule has 0 saturated carbocycles. The lowest BCUT2D eigenvalue weighted by molar-refractivity contribution is -0.267.